The Morgan fingerprint density at radius 3 is 1.57 bits per heavy atom. The number of hydrogen-bond acceptors (Lipinski definition) is 2. The summed E-state index contributed by atoms with van der Waals surface area (Å²) in [5.74, 6) is 0. The molecule has 0 spiro atoms. The smallest absolute Gasteiger partial charge is 0.0365 e. The van der Waals surface area contributed by atoms with Crippen molar-refractivity contribution in [2.24, 2.45) is 0 Å². The van der Waals surface area contributed by atoms with Gasteiger partial charge in [0.1, 0.15) is 0 Å². The summed E-state index contributed by atoms with van der Waals surface area (Å²) in [4.78, 5) is 5.27. The van der Waals surface area contributed by atoms with Gasteiger partial charge in [-0.3, -0.25) is 9.80 Å². The van der Waals surface area contributed by atoms with E-state index in [2.05, 4.69) is 95.5 Å². The third-order valence-corrected chi connectivity index (χ3v) is 4.72. The average molecular weight is 319 g/mol. The Labute approximate surface area is 144 Å². The topological polar surface area (TPSA) is 6.48 Å². The molecule has 0 aliphatic rings. The van der Waals surface area contributed by atoms with Crippen LogP contribution in [0.3, 0.4) is 0 Å². The molecular formula is C21H38N2. The van der Waals surface area contributed by atoms with E-state index in [0.29, 0.717) is 30.2 Å². The second-order valence-corrected chi connectivity index (χ2v) is 7.78. The lowest BCUT2D eigenvalue weighted by Gasteiger charge is -2.40. The highest BCUT2D eigenvalue weighted by molar-refractivity contribution is 5.19. The van der Waals surface area contributed by atoms with E-state index in [1.54, 1.807) is 0 Å². The van der Waals surface area contributed by atoms with Gasteiger partial charge in [-0.1, -0.05) is 30.3 Å². The Kier molecular flexibility index (Phi) is 8.28. The zero-order valence-corrected chi connectivity index (χ0v) is 16.6. The first kappa shape index (κ1) is 20.2. The van der Waals surface area contributed by atoms with Crippen molar-refractivity contribution in [3.63, 3.8) is 0 Å². The van der Waals surface area contributed by atoms with Crippen LogP contribution in [0.5, 0.6) is 0 Å². The van der Waals surface area contributed by atoms with Crippen LogP contribution in [0.1, 0.15) is 73.4 Å². The summed E-state index contributed by atoms with van der Waals surface area (Å²) in [6.07, 6.45) is 1.18. The summed E-state index contributed by atoms with van der Waals surface area (Å²) in [5, 5.41) is 0. The lowest BCUT2D eigenvalue weighted by atomic mass is 9.98. The minimum absolute atomic E-state index is 0.483. The summed E-state index contributed by atoms with van der Waals surface area (Å²) in [7, 11) is 0. The minimum Gasteiger partial charge on any atom is -0.298 e. The summed E-state index contributed by atoms with van der Waals surface area (Å²) < 4.78 is 0. The Morgan fingerprint density at radius 1 is 0.696 bits per heavy atom. The first-order valence-electron chi connectivity index (χ1n) is 9.33. The Balaban J connectivity index is 3.00. The fraction of sp³-hybridized carbons (Fsp3) is 0.714. The van der Waals surface area contributed by atoms with E-state index in [-0.39, 0.29) is 0 Å². The van der Waals surface area contributed by atoms with Gasteiger partial charge in [0.2, 0.25) is 0 Å². The van der Waals surface area contributed by atoms with E-state index < -0.39 is 0 Å². The maximum absolute atomic E-state index is 2.66. The maximum atomic E-state index is 2.66. The summed E-state index contributed by atoms with van der Waals surface area (Å²) >= 11 is 0. The molecule has 1 aromatic carbocycles. The van der Waals surface area contributed by atoms with Gasteiger partial charge in [0, 0.05) is 36.8 Å². The van der Waals surface area contributed by atoms with Gasteiger partial charge in [-0.2, -0.15) is 0 Å². The van der Waals surface area contributed by atoms with Crippen molar-refractivity contribution in [2.45, 2.75) is 92.0 Å². The van der Waals surface area contributed by atoms with Gasteiger partial charge in [0.25, 0.3) is 0 Å². The predicted molar refractivity (Wildman–Crippen MR) is 103 cm³/mol. The lowest BCUT2D eigenvalue weighted by Crippen LogP contribution is -2.43. The summed E-state index contributed by atoms with van der Waals surface area (Å²) in [5.41, 5.74) is 1.45. The highest BCUT2D eigenvalue weighted by atomic mass is 15.2. The van der Waals surface area contributed by atoms with Crippen LogP contribution in [-0.2, 0) is 0 Å². The van der Waals surface area contributed by atoms with Gasteiger partial charge in [0.15, 0.2) is 0 Å². The lowest BCUT2D eigenvalue weighted by molar-refractivity contribution is 0.0844. The standard InChI is InChI=1S/C21H38N2/c1-16(2)22(17(3)4)15-14-21(20-12-10-9-11-13-20)23(18(5)6)19(7)8/h9-13,16-19,21H,14-15H2,1-8H3. The molecule has 0 fully saturated rings. The van der Waals surface area contributed by atoms with Gasteiger partial charge >= 0.3 is 0 Å². The van der Waals surface area contributed by atoms with Gasteiger partial charge in [0.05, 0.1) is 0 Å². The Bertz CT molecular complexity index is 407. The molecule has 0 saturated heterocycles. The van der Waals surface area contributed by atoms with Crippen molar-refractivity contribution in [1.29, 1.82) is 0 Å². The SMILES string of the molecule is CC(C)N(CCC(c1ccccc1)N(C(C)C)C(C)C)C(C)C. The van der Waals surface area contributed by atoms with E-state index in [4.69, 9.17) is 0 Å². The predicted octanol–water partition coefficient (Wildman–Crippen LogP) is 5.36. The number of nitrogens with zero attached hydrogens (tertiary/aromatic N) is 2. The molecule has 0 N–H and O–H groups in total. The van der Waals surface area contributed by atoms with Gasteiger partial charge in [-0.05, 0) is 67.4 Å². The molecule has 23 heavy (non-hydrogen) atoms. The fourth-order valence-corrected chi connectivity index (χ4v) is 3.86. The maximum Gasteiger partial charge on any atom is 0.0365 e. The molecule has 1 aromatic rings. The normalized spacial score (nSPS) is 14.0. The monoisotopic (exact) mass is 318 g/mol. The first-order chi connectivity index (χ1) is 10.8. The molecule has 0 heterocycles. The third kappa shape index (κ3) is 5.93. The van der Waals surface area contributed by atoms with E-state index >= 15 is 0 Å². The molecule has 0 aromatic heterocycles. The van der Waals surface area contributed by atoms with Crippen LogP contribution in [-0.4, -0.2) is 40.5 Å². The van der Waals surface area contributed by atoms with Crippen molar-refractivity contribution in [3.05, 3.63) is 35.9 Å². The number of hydrogen-bond donors (Lipinski definition) is 0. The van der Waals surface area contributed by atoms with Gasteiger partial charge < -0.3 is 0 Å². The summed E-state index contributed by atoms with van der Waals surface area (Å²) in [6.45, 7) is 19.6. The largest absolute Gasteiger partial charge is 0.298 e. The minimum atomic E-state index is 0.483. The third-order valence-electron chi connectivity index (χ3n) is 4.72. The van der Waals surface area contributed by atoms with Crippen LogP contribution < -0.4 is 0 Å². The molecule has 132 valence electrons. The second kappa shape index (κ2) is 9.44. The zero-order chi connectivity index (χ0) is 17.6. The van der Waals surface area contributed by atoms with Crippen LogP contribution in [0.15, 0.2) is 30.3 Å². The molecule has 1 unspecified atom stereocenters. The van der Waals surface area contributed by atoms with Crippen molar-refractivity contribution in [2.75, 3.05) is 6.54 Å². The number of rotatable bonds is 9. The number of benzene rings is 1. The second-order valence-electron chi connectivity index (χ2n) is 7.78. The van der Waals surface area contributed by atoms with Crippen molar-refractivity contribution >= 4 is 0 Å². The molecule has 0 aliphatic heterocycles. The summed E-state index contributed by atoms with van der Waals surface area (Å²) in [6, 6.07) is 13.8. The molecule has 2 heteroatoms. The molecule has 0 aliphatic carbocycles. The molecule has 0 bridgehead atoms. The molecule has 0 amide bonds. The van der Waals surface area contributed by atoms with Crippen molar-refractivity contribution < 1.29 is 0 Å². The van der Waals surface area contributed by atoms with E-state index in [0.717, 1.165) is 6.54 Å². The fourth-order valence-electron chi connectivity index (χ4n) is 3.86. The Hall–Kier alpha value is -0.860. The first-order valence-corrected chi connectivity index (χ1v) is 9.33. The quantitative estimate of drug-likeness (QED) is 0.605. The van der Waals surface area contributed by atoms with Gasteiger partial charge in [-0.25, -0.2) is 0 Å². The molecule has 0 saturated carbocycles. The van der Waals surface area contributed by atoms with Crippen LogP contribution >= 0.6 is 0 Å². The molecular weight excluding hydrogens is 280 g/mol. The van der Waals surface area contributed by atoms with Crippen molar-refractivity contribution in [1.82, 2.24) is 9.80 Å². The van der Waals surface area contributed by atoms with Crippen LogP contribution in [0.25, 0.3) is 0 Å². The van der Waals surface area contributed by atoms with E-state index in [1.807, 2.05) is 0 Å². The average Bonchev–Trinajstić information content (AvgIpc) is 2.45. The van der Waals surface area contributed by atoms with Crippen molar-refractivity contribution in [3.8, 4) is 0 Å². The Morgan fingerprint density at radius 2 is 1.17 bits per heavy atom. The van der Waals surface area contributed by atoms with E-state index in [1.165, 1.54) is 12.0 Å². The van der Waals surface area contributed by atoms with Crippen LogP contribution in [0, 0.1) is 0 Å². The highest BCUT2D eigenvalue weighted by Crippen LogP contribution is 2.29. The van der Waals surface area contributed by atoms with Crippen LogP contribution in [0.4, 0.5) is 0 Å². The highest BCUT2D eigenvalue weighted by Gasteiger charge is 2.26. The molecule has 1 atom stereocenters. The van der Waals surface area contributed by atoms with Crippen LogP contribution in [0.2, 0.25) is 0 Å². The molecule has 2 nitrogen and oxygen atoms in total. The molecule has 1 rings (SSSR count). The zero-order valence-electron chi connectivity index (χ0n) is 16.6. The van der Waals surface area contributed by atoms with Gasteiger partial charge in [-0.15, -0.1) is 0 Å². The molecule has 0 radical (unpaired) electrons. The van der Waals surface area contributed by atoms with E-state index in [9.17, 15) is 0 Å².